The summed E-state index contributed by atoms with van der Waals surface area (Å²) in [5.74, 6) is -0.295. The summed E-state index contributed by atoms with van der Waals surface area (Å²) >= 11 is 1.50. The zero-order valence-corrected chi connectivity index (χ0v) is 15.2. The molecule has 1 N–H and O–H groups in total. The van der Waals surface area contributed by atoms with E-state index in [0.29, 0.717) is 5.69 Å². The van der Waals surface area contributed by atoms with Gasteiger partial charge in [-0.2, -0.15) is 0 Å². The molecule has 0 aliphatic heterocycles. The Morgan fingerprint density at radius 1 is 1.22 bits per heavy atom. The molecule has 8 heteroatoms. The lowest BCUT2D eigenvalue weighted by atomic mass is 10.1. The number of rotatable bonds is 4. The van der Waals surface area contributed by atoms with Gasteiger partial charge in [-0.1, -0.05) is 23.5 Å². The first-order chi connectivity index (χ1) is 13.1. The average molecular weight is 377 g/mol. The lowest BCUT2D eigenvalue weighted by Gasteiger charge is -2.10. The Morgan fingerprint density at radius 3 is 2.93 bits per heavy atom. The fourth-order valence-electron chi connectivity index (χ4n) is 2.62. The molecule has 0 saturated carbocycles. The Hall–Kier alpha value is -3.39. The van der Waals surface area contributed by atoms with Crippen molar-refractivity contribution in [1.82, 2.24) is 19.5 Å². The summed E-state index contributed by atoms with van der Waals surface area (Å²) in [6, 6.07) is 10.9. The van der Waals surface area contributed by atoms with Crippen LogP contribution in [0.3, 0.4) is 0 Å². The number of amides is 1. The molecule has 134 valence electrons. The molecule has 3 heterocycles. The number of nitrogens with one attached hydrogen (secondary N) is 1. The SMILES string of the molecule is Cc1ccc(-c2nc3cccnc3s2)cc1NC(=O)Cn1cnccc1=O. The molecule has 0 aliphatic rings. The van der Waals surface area contributed by atoms with Crippen LogP contribution in [0.4, 0.5) is 5.69 Å². The van der Waals surface area contributed by atoms with E-state index in [4.69, 9.17) is 0 Å². The lowest BCUT2D eigenvalue weighted by molar-refractivity contribution is -0.116. The molecule has 27 heavy (non-hydrogen) atoms. The van der Waals surface area contributed by atoms with Crippen LogP contribution in [-0.4, -0.2) is 25.4 Å². The number of benzene rings is 1. The third-order valence-corrected chi connectivity index (χ3v) is 5.06. The third-order valence-electron chi connectivity index (χ3n) is 4.03. The molecular weight excluding hydrogens is 362 g/mol. The van der Waals surface area contributed by atoms with Gasteiger partial charge in [0.1, 0.15) is 21.9 Å². The summed E-state index contributed by atoms with van der Waals surface area (Å²) < 4.78 is 1.26. The van der Waals surface area contributed by atoms with Crippen LogP contribution in [0.1, 0.15) is 5.56 Å². The number of fused-ring (bicyclic) bond motifs is 1. The highest BCUT2D eigenvalue weighted by Crippen LogP contribution is 2.31. The molecule has 4 aromatic rings. The maximum Gasteiger partial charge on any atom is 0.253 e. The van der Waals surface area contributed by atoms with Gasteiger partial charge in [-0.25, -0.2) is 15.0 Å². The minimum Gasteiger partial charge on any atom is -0.324 e. The normalized spacial score (nSPS) is 10.9. The fourth-order valence-corrected chi connectivity index (χ4v) is 3.53. The first-order valence-corrected chi connectivity index (χ1v) is 9.05. The van der Waals surface area contributed by atoms with Crippen molar-refractivity contribution in [2.24, 2.45) is 0 Å². The minimum absolute atomic E-state index is 0.0958. The van der Waals surface area contributed by atoms with Crippen LogP contribution in [0, 0.1) is 6.92 Å². The van der Waals surface area contributed by atoms with E-state index in [1.807, 2.05) is 37.3 Å². The van der Waals surface area contributed by atoms with Crippen molar-refractivity contribution in [3.05, 3.63) is 71.0 Å². The highest BCUT2D eigenvalue weighted by molar-refractivity contribution is 7.21. The van der Waals surface area contributed by atoms with Gasteiger partial charge in [0.25, 0.3) is 5.56 Å². The number of hydrogen-bond donors (Lipinski definition) is 1. The zero-order chi connectivity index (χ0) is 18.8. The van der Waals surface area contributed by atoms with Crippen molar-refractivity contribution in [2.75, 3.05) is 5.32 Å². The summed E-state index contributed by atoms with van der Waals surface area (Å²) in [7, 11) is 0. The monoisotopic (exact) mass is 377 g/mol. The number of carbonyl (C=O) groups excluding carboxylic acids is 1. The first-order valence-electron chi connectivity index (χ1n) is 8.23. The molecule has 0 fully saturated rings. The number of hydrogen-bond acceptors (Lipinski definition) is 6. The number of thiazole rings is 1. The molecule has 3 aromatic heterocycles. The van der Waals surface area contributed by atoms with Crippen molar-refractivity contribution in [1.29, 1.82) is 0 Å². The predicted octanol–water partition coefficient (Wildman–Crippen LogP) is 2.86. The molecule has 1 amide bonds. The van der Waals surface area contributed by atoms with Crippen LogP contribution in [0.2, 0.25) is 0 Å². The lowest BCUT2D eigenvalue weighted by Crippen LogP contribution is -2.27. The van der Waals surface area contributed by atoms with Crippen LogP contribution in [0.15, 0.2) is 59.9 Å². The van der Waals surface area contributed by atoms with Crippen LogP contribution in [-0.2, 0) is 11.3 Å². The summed E-state index contributed by atoms with van der Waals surface area (Å²) in [5.41, 5.74) is 3.08. The number of nitrogens with zero attached hydrogens (tertiary/aromatic N) is 4. The molecule has 0 radical (unpaired) electrons. The van der Waals surface area contributed by atoms with E-state index < -0.39 is 0 Å². The summed E-state index contributed by atoms with van der Waals surface area (Å²) in [6.07, 6.45) is 4.49. The summed E-state index contributed by atoms with van der Waals surface area (Å²) in [4.78, 5) is 37.7. The van der Waals surface area contributed by atoms with Crippen molar-refractivity contribution < 1.29 is 4.79 Å². The van der Waals surface area contributed by atoms with Gasteiger partial charge in [0.05, 0.1) is 6.33 Å². The van der Waals surface area contributed by atoms with Gasteiger partial charge in [0, 0.05) is 29.7 Å². The second kappa shape index (κ2) is 7.08. The van der Waals surface area contributed by atoms with E-state index in [-0.39, 0.29) is 18.0 Å². The maximum atomic E-state index is 12.4. The molecule has 4 rings (SSSR count). The second-order valence-corrected chi connectivity index (χ2v) is 6.95. The molecule has 1 aromatic carbocycles. The van der Waals surface area contributed by atoms with Gasteiger partial charge < -0.3 is 5.32 Å². The molecule has 0 bridgehead atoms. The van der Waals surface area contributed by atoms with E-state index in [9.17, 15) is 9.59 Å². The molecule has 0 atom stereocenters. The van der Waals surface area contributed by atoms with Crippen molar-refractivity contribution in [2.45, 2.75) is 13.5 Å². The van der Waals surface area contributed by atoms with Crippen molar-refractivity contribution >= 4 is 33.3 Å². The molecular formula is C19H15N5O2S. The Bertz CT molecular complexity index is 1160. The van der Waals surface area contributed by atoms with E-state index in [1.54, 1.807) is 6.20 Å². The zero-order valence-electron chi connectivity index (χ0n) is 14.4. The van der Waals surface area contributed by atoms with E-state index in [0.717, 1.165) is 26.5 Å². The third kappa shape index (κ3) is 3.61. The highest BCUT2D eigenvalue weighted by atomic mass is 32.1. The topological polar surface area (TPSA) is 89.8 Å². The molecule has 0 saturated heterocycles. The maximum absolute atomic E-state index is 12.4. The molecule has 7 nitrogen and oxygen atoms in total. The quantitative estimate of drug-likeness (QED) is 0.591. The predicted molar refractivity (Wildman–Crippen MR) is 105 cm³/mol. The Labute approximate surface area is 158 Å². The smallest absolute Gasteiger partial charge is 0.253 e. The van der Waals surface area contributed by atoms with Crippen LogP contribution in [0.5, 0.6) is 0 Å². The van der Waals surface area contributed by atoms with Gasteiger partial charge in [-0.15, -0.1) is 0 Å². The highest BCUT2D eigenvalue weighted by Gasteiger charge is 2.11. The van der Waals surface area contributed by atoms with Gasteiger partial charge >= 0.3 is 0 Å². The number of aryl methyl sites for hydroxylation is 1. The second-order valence-electron chi connectivity index (χ2n) is 5.97. The van der Waals surface area contributed by atoms with E-state index >= 15 is 0 Å². The van der Waals surface area contributed by atoms with Gasteiger partial charge in [-0.05, 0) is 30.7 Å². The minimum atomic E-state index is -0.295. The Balaban J connectivity index is 1.60. The van der Waals surface area contributed by atoms with Crippen LogP contribution >= 0.6 is 11.3 Å². The van der Waals surface area contributed by atoms with Gasteiger partial charge in [0.2, 0.25) is 5.91 Å². The Kier molecular flexibility index (Phi) is 4.47. The van der Waals surface area contributed by atoms with Crippen LogP contribution < -0.4 is 10.9 Å². The number of pyridine rings is 1. The van der Waals surface area contributed by atoms with Gasteiger partial charge in [0.15, 0.2) is 0 Å². The number of carbonyl (C=O) groups is 1. The molecule has 0 aliphatic carbocycles. The van der Waals surface area contributed by atoms with Crippen molar-refractivity contribution in [3.8, 4) is 10.6 Å². The Morgan fingerprint density at radius 2 is 2.11 bits per heavy atom. The summed E-state index contributed by atoms with van der Waals surface area (Å²) in [5, 5.41) is 3.70. The molecule has 0 spiro atoms. The fraction of sp³-hybridized carbons (Fsp3) is 0.105. The van der Waals surface area contributed by atoms with Crippen LogP contribution in [0.25, 0.3) is 20.9 Å². The summed E-state index contributed by atoms with van der Waals surface area (Å²) in [6.45, 7) is 1.82. The van der Waals surface area contributed by atoms with Crippen molar-refractivity contribution in [3.63, 3.8) is 0 Å². The van der Waals surface area contributed by atoms with E-state index in [2.05, 4.69) is 20.3 Å². The van der Waals surface area contributed by atoms with Gasteiger partial charge in [-0.3, -0.25) is 14.2 Å². The van der Waals surface area contributed by atoms with E-state index in [1.165, 1.54) is 34.5 Å². The first kappa shape index (κ1) is 17.0. The number of anilines is 1. The standard InChI is InChI=1S/C19H15N5O2S/c1-12-4-5-13(18-23-14-3-2-7-21-19(14)27-18)9-15(12)22-16(25)10-24-11-20-8-6-17(24)26/h2-9,11H,10H2,1H3,(H,22,25). The molecule has 0 unspecified atom stereocenters. The number of aromatic nitrogens is 4. The average Bonchev–Trinajstić information content (AvgIpc) is 3.09. The largest absolute Gasteiger partial charge is 0.324 e.